The normalized spacial score (nSPS) is 21.2. The van der Waals surface area contributed by atoms with Crippen LogP contribution in [0.25, 0.3) is 0 Å². The van der Waals surface area contributed by atoms with Gasteiger partial charge in [0.15, 0.2) is 0 Å². The number of hydroxylamine groups is 2. The zero-order chi connectivity index (χ0) is 21.6. The molecule has 3 amide bonds. The van der Waals surface area contributed by atoms with Crippen LogP contribution in [0.15, 0.2) is 18.2 Å². The third kappa shape index (κ3) is 3.61. The molecule has 2 aromatic rings. The Hall–Kier alpha value is -2.72. The number of fused-ring (bicyclic) bond motifs is 3. The van der Waals surface area contributed by atoms with Crippen molar-refractivity contribution in [2.45, 2.75) is 38.6 Å². The van der Waals surface area contributed by atoms with Crippen molar-refractivity contribution >= 4 is 29.2 Å². The summed E-state index contributed by atoms with van der Waals surface area (Å²) in [6.45, 7) is 1.36. The highest BCUT2D eigenvalue weighted by Gasteiger charge is 2.37. The lowest BCUT2D eigenvalue weighted by atomic mass is 9.99. The van der Waals surface area contributed by atoms with Crippen LogP contribution in [0.5, 0.6) is 0 Å². The van der Waals surface area contributed by atoms with E-state index in [-0.39, 0.29) is 29.8 Å². The molecule has 0 aliphatic carbocycles. The summed E-state index contributed by atoms with van der Waals surface area (Å²) in [5, 5.41) is 8.10. The molecule has 30 heavy (non-hydrogen) atoms. The summed E-state index contributed by atoms with van der Waals surface area (Å²) in [7, 11) is 1.42. The van der Waals surface area contributed by atoms with Crippen LogP contribution in [0.3, 0.4) is 0 Å². The van der Waals surface area contributed by atoms with Crippen molar-refractivity contribution in [3.05, 3.63) is 46.0 Å². The Balaban J connectivity index is 1.61. The molecule has 2 atom stereocenters. The number of hydrogen-bond donors (Lipinski definition) is 1. The number of aromatic nitrogens is 2. The Labute approximate surface area is 176 Å². The van der Waals surface area contributed by atoms with Crippen molar-refractivity contribution < 1.29 is 23.2 Å². The molecule has 2 aliphatic heterocycles. The lowest BCUT2D eigenvalue weighted by molar-refractivity contribution is -0.152. The van der Waals surface area contributed by atoms with Crippen LogP contribution in [0.1, 0.15) is 28.7 Å². The van der Waals surface area contributed by atoms with Crippen molar-refractivity contribution in [2.24, 2.45) is 0 Å². The van der Waals surface area contributed by atoms with Crippen molar-refractivity contribution in [1.82, 2.24) is 19.7 Å². The van der Waals surface area contributed by atoms with E-state index in [1.165, 1.54) is 29.9 Å². The number of alkyl halides is 1. The predicted molar refractivity (Wildman–Crippen MR) is 104 cm³/mol. The Morgan fingerprint density at radius 1 is 1.43 bits per heavy atom. The van der Waals surface area contributed by atoms with Gasteiger partial charge in [0.2, 0.25) is 0 Å². The fourth-order valence-corrected chi connectivity index (χ4v) is 3.91. The second-order valence-electron chi connectivity index (χ2n) is 7.38. The van der Waals surface area contributed by atoms with Gasteiger partial charge in [0.05, 0.1) is 23.8 Å². The predicted octanol–water partition coefficient (Wildman–Crippen LogP) is 3.01. The molecular formula is C19H20ClF2N5O3. The van der Waals surface area contributed by atoms with Crippen molar-refractivity contribution in [2.75, 3.05) is 19.0 Å². The van der Waals surface area contributed by atoms with E-state index in [0.29, 0.717) is 23.4 Å². The first-order valence-electron chi connectivity index (χ1n) is 9.40. The minimum Gasteiger partial charge on any atom is -0.317 e. The molecule has 0 saturated carbocycles. The van der Waals surface area contributed by atoms with E-state index in [1.54, 1.807) is 4.90 Å². The monoisotopic (exact) mass is 439 g/mol. The number of urea groups is 1. The number of carbonyl (C=O) groups is 2. The molecule has 0 fully saturated rings. The van der Waals surface area contributed by atoms with E-state index in [1.807, 2.05) is 6.92 Å². The van der Waals surface area contributed by atoms with Crippen LogP contribution < -0.4 is 5.32 Å². The molecule has 1 N–H and O–H groups in total. The maximum atomic E-state index is 13.4. The van der Waals surface area contributed by atoms with E-state index < -0.39 is 30.5 Å². The van der Waals surface area contributed by atoms with E-state index in [2.05, 4.69) is 10.4 Å². The minimum atomic E-state index is -0.818. The molecule has 8 nitrogen and oxygen atoms in total. The molecule has 0 radical (unpaired) electrons. The van der Waals surface area contributed by atoms with Crippen LogP contribution in [0.4, 0.5) is 19.3 Å². The molecule has 0 saturated heterocycles. The molecule has 160 valence electrons. The molecule has 0 unspecified atom stereocenters. The number of halogens is 3. The molecular weight excluding hydrogens is 420 g/mol. The SMILES string of the molecule is C[C@@H]1Cc2nn3c(c2CN1C(=O)Nc1ccc(F)c(Cl)c1)C(=O)N(C)O[C@H](CF)C3. The Kier molecular flexibility index (Phi) is 5.37. The Morgan fingerprint density at radius 3 is 2.90 bits per heavy atom. The van der Waals surface area contributed by atoms with Crippen molar-refractivity contribution in [3.63, 3.8) is 0 Å². The number of hydrogen-bond acceptors (Lipinski definition) is 4. The first-order chi connectivity index (χ1) is 14.3. The molecule has 0 bridgehead atoms. The van der Waals surface area contributed by atoms with Gasteiger partial charge in [-0.3, -0.25) is 14.3 Å². The summed E-state index contributed by atoms with van der Waals surface area (Å²) in [6, 6.07) is 3.30. The van der Waals surface area contributed by atoms with E-state index in [0.717, 1.165) is 5.06 Å². The number of benzene rings is 1. The molecule has 11 heteroatoms. The fraction of sp³-hybridized carbons (Fsp3) is 0.421. The first-order valence-corrected chi connectivity index (χ1v) is 9.78. The fourth-order valence-electron chi connectivity index (χ4n) is 3.73. The van der Waals surface area contributed by atoms with Gasteiger partial charge >= 0.3 is 6.03 Å². The average molecular weight is 440 g/mol. The van der Waals surface area contributed by atoms with Crippen LogP contribution in [-0.2, 0) is 24.3 Å². The smallest absolute Gasteiger partial charge is 0.317 e. The Bertz CT molecular complexity index is 1010. The standard InChI is InChI=1S/C19H20ClF2N5O3/c1-10-5-16-13(17-18(28)25(2)30-12(7-21)8-27(17)24-16)9-26(10)19(29)23-11-3-4-15(22)14(20)6-11/h3-4,6,10,12H,5,7-9H2,1-2H3,(H,23,29)/t10-,12-/m1/s1. The molecule has 3 heterocycles. The number of rotatable bonds is 2. The number of amides is 3. The second-order valence-corrected chi connectivity index (χ2v) is 7.79. The van der Waals surface area contributed by atoms with Gasteiger partial charge in [-0.2, -0.15) is 5.10 Å². The van der Waals surface area contributed by atoms with Crippen LogP contribution in [0, 0.1) is 5.82 Å². The number of nitrogens with one attached hydrogen (secondary N) is 1. The van der Waals surface area contributed by atoms with Crippen molar-refractivity contribution in [1.29, 1.82) is 0 Å². The zero-order valence-electron chi connectivity index (χ0n) is 16.4. The third-order valence-electron chi connectivity index (χ3n) is 5.26. The number of carbonyl (C=O) groups excluding carboxylic acids is 2. The molecule has 0 spiro atoms. The van der Waals surface area contributed by atoms with Gasteiger partial charge in [-0.1, -0.05) is 11.6 Å². The highest BCUT2D eigenvalue weighted by Crippen LogP contribution is 2.29. The van der Waals surface area contributed by atoms with Crippen LogP contribution in [-0.4, -0.2) is 57.5 Å². The summed E-state index contributed by atoms with van der Waals surface area (Å²) >= 11 is 5.78. The maximum absolute atomic E-state index is 13.4. The van der Waals surface area contributed by atoms with E-state index in [9.17, 15) is 18.4 Å². The second kappa shape index (κ2) is 7.84. The summed E-state index contributed by atoms with van der Waals surface area (Å²) in [6.07, 6.45) is -0.382. The average Bonchev–Trinajstić information content (AvgIpc) is 2.99. The minimum absolute atomic E-state index is 0.0974. The van der Waals surface area contributed by atoms with Gasteiger partial charge in [-0.15, -0.1) is 0 Å². The van der Waals surface area contributed by atoms with Gasteiger partial charge in [0, 0.05) is 30.8 Å². The molecule has 1 aromatic carbocycles. The van der Waals surface area contributed by atoms with Gasteiger partial charge in [-0.25, -0.2) is 18.6 Å². The lowest BCUT2D eigenvalue weighted by Gasteiger charge is -2.33. The van der Waals surface area contributed by atoms with Gasteiger partial charge in [-0.05, 0) is 25.1 Å². The topological polar surface area (TPSA) is 79.7 Å². The quantitative estimate of drug-likeness (QED) is 0.780. The summed E-state index contributed by atoms with van der Waals surface area (Å²) in [5.41, 5.74) is 1.96. The maximum Gasteiger partial charge on any atom is 0.322 e. The van der Waals surface area contributed by atoms with Crippen LogP contribution in [0.2, 0.25) is 5.02 Å². The number of anilines is 1. The highest BCUT2D eigenvalue weighted by atomic mass is 35.5. The van der Waals surface area contributed by atoms with Gasteiger partial charge in [0.1, 0.15) is 24.3 Å². The molecule has 4 rings (SSSR count). The largest absolute Gasteiger partial charge is 0.322 e. The third-order valence-corrected chi connectivity index (χ3v) is 5.55. The Morgan fingerprint density at radius 2 is 2.20 bits per heavy atom. The van der Waals surface area contributed by atoms with Crippen LogP contribution >= 0.6 is 11.6 Å². The van der Waals surface area contributed by atoms with Gasteiger partial charge < -0.3 is 10.2 Å². The first kappa shape index (κ1) is 20.5. The lowest BCUT2D eigenvalue weighted by Crippen LogP contribution is -2.45. The summed E-state index contributed by atoms with van der Waals surface area (Å²) < 4.78 is 28.1. The molecule has 1 aromatic heterocycles. The molecule has 2 aliphatic rings. The van der Waals surface area contributed by atoms with Gasteiger partial charge in [0.25, 0.3) is 5.91 Å². The highest BCUT2D eigenvalue weighted by molar-refractivity contribution is 6.31. The van der Waals surface area contributed by atoms with E-state index >= 15 is 0 Å². The van der Waals surface area contributed by atoms with Crippen molar-refractivity contribution in [3.8, 4) is 0 Å². The summed E-state index contributed by atoms with van der Waals surface area (Å²) in [4.78, 5) is 32.5. The zero-order valence-corrected chi connectivity index (χ0v) is 17.1. The summed E-state index contributed by atoms with van der Waals surface area (Å²) in [5.74, 6) is -1.02. The number of nitrogens with zero attached hydrogens (tertiary/aromatic N) is 4. The van der Waals surface area contributed by atoms with E-state index in [4.69, 9.17) is 16.4 Å².